The van der Waals surface area contributed by atoms with E-state index in [1.165, 1.54) is 6.42 Å². The minimum absolute atomic E-state index is 0.0964. The van der Waals surface area contributed by atoms with Gasteiger partial charge in [0.15, 0.2) is 5.13 Å². The number of rotatable bonds is 4. The zero-order chi connectivity index (χ0) is 19.5. The molecular weight excluding hydrogens is 374 g/mol. The second-order valence-corrected chi connectivity index (χ2v) is 8.36. The number of methoxy groups -OCH3 is 1. The number of benzene rings is 1. The van der Waals surface area contributed by atoms with Crippen molar-refractivity contribution in [1.82, 2.24) is 9.88 Å². The third-order valence-corrected chi connectivity index (χ3v) is 6.34. The standard InChI is InChI=1S/C21H27N3O3S/c1-15-4-3-7-24(13-15)20(25)16-5-6-19(26-2)17(12-16)18-14-28-21(22-18)23-8-10-27-11-9-23/h5-6,12,14-15H,3-4,7-11,13H2,1-2H3. The molecule has 1 atom stereocenters. The van der Waals surface area contributed by atoms with Gasteiger partial charge in [0.1, 0.15) is 5.75 Å². The van der Waals surface area contributed by atoms with Gasteiger partial charge in [-0.25, -0.2) is 4.98 Å². The molecule has 0 radical (unpaired) electrons. The topological polar surface area (TPSA) is 54.9 Å². The predicted molar refractivity (Wildman–Crippen MR) is 111 cm³/mol. The molecule has 6 nitrogen and oxygen atoms in total. The lowest BCUT2D eigenvalue weighted by molar-refractivity contribution is 0.0683. The summed E-state index contributed by atoms with van der Waals surface area (Å²) in [6.07, 6.45) is 2.27. The van der Waals surface area contributed by atoms with E-state index in [9.17, 15) is 4.79 Å². The lowest BCUT2D eigenvalue weighted by atomic mass is 9.99. The van der Waals surface area contributed by atoms with E-state index in [-0.39, 0.29) is 5.91 Å². The highest BCUT2D eigenvalue weighted by atomic mass is 32.1. The summed E-state index contributed by atoms with van der Waals surface area (Å²) < 4.78 is 11.0. The number of anilines is 1. The molecule has 1 amide bonds. The predicted octanol–water partition coefficient (Wildman–Crippen LogP) is 3.53. The molecule has 2 aromatic rings. The molecule has 1 aromatic carbocycles. The van der Waals surface area contributed by atoms with Gasteiger partial charge in [-0.15, -0.1) is 11.3 Å². The van der Waals surface area contributed by atoms with Gasteiger partial charge in [-0.3, -0.25) is 4.79 Å². The van der Waals surface area contributed by atoms with Crippen LogP contribution in [0.15, 0.2) is 23.6 Å². The SMILES string of the molecule is COc1ccc(C(=O)N2CCCC(C)C2)cc1-c1csc(N2CCOCC2)n1. The summed E-state index contributed by atoms with van der Waals surface area (Å²) in [6.45, 7) is 7.06. The van der Waals surface area contributed by atoms with Crippen LogP contribution in [0.3, 0.4) is 0 Å². The van der Waals surface area contributed by atoms with E-state index in [0.29, 0.717) is 11.5 Å². The van der Waals surface area contributed by atoms with Gasteiger partial charge in [-0.05, 0) is 37.0 Å². The van der Waals surface area contributed by atoms with Gasteiger partial charge in [-0.1, -0.05) is 6.92 Å². The minimum Gasteiger partial charge on any atom is -0.496 e. The molecule has 4 rings (SSSR count). The van der Waals surface area contributed by atoms with Crippen LogP contribution in [0.2, 0.25) is 0 Å². The summed E-state index contributed by atoms with van der Waals surface area (Å²) in [6, 6.07) is 5.67. The highest BCUT2D eigenvalue weighted by Crippen LogP contribution is 2.35. The van der Waals surface area contributed by atoms with E-state index >= 15 is 0 Å². The monoisotopic (exact) mass is 401 g/mol. The van der Waals surface area contributed by atoms with E-state index in [1.807, 2.05) is 28.5 Å². The number of likely N-dealkylation sites (tertiary alicyclic amines) is 1. The number of nitrogens with zero attached hydrogens (tertiary/aromatic N) is 3. The quantitative estimate of drug-likeness (QED) is 0.785. The zero-order valence-corrected chi connectivity index (χ0v) is 17.3. The Hall–Kier alpha value is -2.12. The maximum atomic E-state index is 13.0. The number of morpholine rings is 1. The number of carbonyl (C=O) groups is 1. The molecule has 150 valence electrons. The molecule has 0 spiro atoms. The van der Waals surface area contributed by atoms with Crippen molar-refractivity contribution in [3.63, 3.8) is 0 Å². The van der Waals surface area contributed by atoms with Crippen molar-refractivity contribution in [1.29, 1.82) is 0 Å². The highest BCUT2D eigenvalue weighted by Gasteiger charge is 2.24. The fourth-order valence-corrected chi connectivity index (χ4v) is 4.76. The first-order valence-electron chi connectivity index (χ1n) is 9.91. The van der Waals surface area contributed by atoms with E-state index in [2.05, 4.69) is 11.8 Å². The average molecular weight is 402 g/mol. The number of thiazole rings is 1. The van der Waals surface area contributed by atoms with Crippen LogP contribution in [0.4, 0.5) is 5.13 Å². The number of hydrogen-bond donors (Lipinski definition) is 0. The maximum absolute atomic E-state index is 13.0. The van der Waals surface area contributed by atoms with Crippen molar-refractivity contribution in [2.24, 2.45) is 5.92 Å². The Morgan fingerprint density at radius 3 is 2.86 bits per heavy atom. The third-order valence-electron chi connectivity index (χ3n) is 5.44. The van der Waals surface area contributed by atoms with Crippen molar-refractivity contribution in [3.05, 3.63) is 29.1 Å². The van der Waals surface area contributed by atoms with Crippen molar-refractivity contribution < 1.29 is 14.3 Å². The van der Waals surface area contributed by atoms with Crippen molar-refractivity contribution in [3.8, 4) is 17.0 Å². The van der Waals surface area contributed by atoms with E-state index in [1.54, 1.807) is 18.4 Å². The zero-order valence-electron chi connectivity index (χ0n) is 16.5. The molecular formula is C21H27N3O3S. The normalized spacial score (nSPS) is 20.3. The summed E-state index contributed by atoms with van der Waals surface area (Å²) in [5.74, 6) is 1.39. The van der Waals surface area contributed by atoms with E-state index < -0.39 is 0 Å². The Morgan fingerprint density at radius 1 is 1.29 bits per heavy atom. The van der Waals surface area contributed by atoms with Gasteiger partial charge in [0.25, 0.3) is 5.91 Å². The van der Waals surface area contributed by atoms with Crippen molar-refractivity contribution in [2.75, 3.05) is 51.4 Å². The lowest BCUT2D eigenvalue weighted by Crippen LogP contribution is -2.39. The first-order chi connectivity index (χ1) is 13.7. The molecule has 1 unspecified atom stereocenters. The van der Waals surface area contributed by atoms with Gasteiger partial charge in [0.05, 0.1) is 26.0 Å². The molecule has 7 heteroatoms. The number of amides is 1. The lowest BCUT2D eigenvalue weighted by Gasteiger charge is -2.31. The first-order valence-corrected chi connectivity index (χ1v) is 10.8. The molecule has 0 aliphatic carbocycles. The Labute approximate surface area is 170 Å². The summed E-state index contributed by atoms with van der Waals surface area (Å²) >= 11 is 1.62. The fraction of sp³-hybridized carbons (Fsp3) is 0.524. The number of hydrogen-bond acceptors (Lipinski definition) is 6. The Balaban J connectivity index is 1.60. The van der Waals surface area contributed by atoms with Gasteiger partial charge in [0, 0.05) is 42.7 Å². The van der Waals surface area contributed by atoms with Crippen LogP contribution >= 0.6 is 11.3 Å². The molecule has 2 aliphatic rings. The van der Waals surface area contributed by atoms with Crippen LogP contribution in [-0.2, 0) is 4.74 Å². The van der Waals surface area contributed by atoms with Crippen molar-refractivity contribution >= 4 is 22.4 Å². The summed E-state index contributed by atoms with van der Waals surface area (Å²) in [5.41, 5.74) is 2.42. The Kier molecular flexibility index (Phi) is 5.82. The summed E-state index contributed by atoms with van der Waals surface area (Å²) in [7, 11) is 1.65. The van der Waals surface area contributed by atoms with Gasteiger partial charge < -0.3 is 19.3 Å². The van der Waals surface area contributed by atoms with Crippen molar-refractivity contribution in [2.45, 2.75) is 19.8 Å². The number of piperidine rings is 1. The number of ether oxygens (including phenoxy) is 2. The van der Waals surface area contributed by atoms with Crippen LogP contribution in [0.1, 0.15) is 30.1 Å². The van der Waals surface area contributed by atoms with Crippen LogP contribution < -0.4 is 9.64 Å². The van der Waals surface area contributed by atoms with E-state index in [4.69, 9.17) is 14.5 Å². The molecule has 0 bridgehead atoms. The third kappa shape index (κ3) is 4.00. The second kappa shape index (κ2) is 8.49. The maximum Gasteiger partial charge on any atom is 0.253 e. The number of aromatic nitrogens is 1. The molecule has 1 aromatic heterocycles. The number of carbonyl (C=O) groups excluding carboxylic acids is 1. The largest absolute Gasteiger partial charge is 0.496 e. The van der Waals surface area contributed by atoms with E-state index in [0.717, 1.165) is 68.0 Å². The van der Waals surface area contributed by atoms with Crippen LogP contribution in [0, 0.1) is 5.92 Å². The van der Waals surface area contributed by atoms with Gasteiger partial charge in [-0.2, -0.15) is 0 Å². The van der Waals surface area contributed by atoms with Crippen LogP contribution in [0.25, 0.3) is 11.3 Å². The summed E-state index contributed by atoms with van der Waals surface area (Å²) in [4.78, 5) is 22.1. The first kappa shape index (κ1) is 19.2. The Morgan fingerprint density at radius 2 is 2.11 bits per heavy atom. The van der Waals surface area contributed by atoms with Gasteiger partial charge in [0.2, 0.25) is 0 Å². The molecule has 0 saturated carbocycles. The highest BCUT2D eigenvalue weighted by molar-refractivity contribution is 7.14. The smallest absolute Gasteiger partial charge is 0.253 e. The molecule has 2 saturated heterocycles. The molecule has 2 fully saturated rings. The molecule has 0 N–H and O–H groups in total. The minimum atomic E-state index is 0.0964. The summed E-state index contributed by atoms with van der Waals surface area (Å²) in [5, 5.41) is 3.03. The molecule has 28 heavy (non-hydrogen) atoms. The Bertz CT molecular complexity index is 832. The second-order valence-electron chi connectivity index (χ2n) is 7.53. The molecule has 2 aliphatic heterocycles. The van der Waals surface area contributed by atoms with Crippen LogP contribution in [0.5, 0.6) is 5.75 Å². The van der Waals surface area contributed by atoms with Crippen LogP contribution in [-0.4, -0.2) is 62.3 Å². The average Bonchev–Trinajstić information content (AvgIpc) is 3.23. The fourth-order valence-electron chi connectivity index (χ4n) is 3.89. The van der Waals surface area contributed by atoms with Gasteiger partial charge >= 0.3 is 0 Å². The molecule has 3 heterocycles.